The van der Waals surface area contributed by atoms with Gasteiger partial charge >= 0.3 is 0 Å². The minimum Gasteiger partial charge on any atom is -0.339 e. The second kappa shape index (κ2) is 8.67. The van der Waals surface area contributed by atoms with Gasteiger partial charge in [-0.15, -0.1) is 0 Å². The van der Waals surface area contributed by atoms with E-state index in [1.807, 2.05) is 0 Å². The molecule has 0 aliphatic heterocycles. The summed E-state index contributed by atoms with van der Waals surface area (Å²) in [5, 5.41) is 25.1. The number of aromatic nitrogens is 2. The second-order valence-corrected chi connectivity index (χ2v) is 7.03. The smallest absolute Gasteiger partial charge is 0.271 e. The molecule has 164 valence electrons. The number of nitro groups is 2. The maximum Gasteiger partial charge on any atom is 0.271 e. The third kappa shape index (κ3) is 4.42. The molecule has 11 nitrogen and oxygen atoms in total. The molecule has 2 aromatic carbocycles. The van der Waals surface area contributed by atoms with Gasteiger partial charge in [0, 0.05) is 42.4 Å². The number of nitrogens with one attached hydrogen (secondary N) is 1. The quantitative estimate of drug-likeness (QED) is 0.265. The van der Waals surface area contributed by atoms with Crippen molar-refractivity contribution in [3.8, 4) is 0 Å². The van der Waals surface area contributed by atoms with Crippen LogP contribution in [0.3, 0.4) is 0 Å². The van der Waals surface area contributed by atoms with Gasteiger partial charge in [0.05, 0.1) is 15.5 Å². The number of anilines is 2. The van der Waals surface area contributed by atoms with Gasteiger partial charge in [-0.05, 0) is 30.7 Å². The molecule has 2 heterocycles. The Hall–Kier alpha value is -4.93. The first-order valence-electron chi connectivity index (χ1n) is 9.65. The molecule has 0 radical (unpaired) electrons. The molecule has 1 N–H and O–H groups in total. The molecule has 2 aromatic heterocycles. The molecule has 0 unspecified atom stereocenters. The zero-order valence-corrected chi connectivity index (χ0v) is 17.2. The van der Waals surface area contributed by atoms with Gasteiger partial charge in [-0.25, -0.2) is 4.98 Å². The molecule has 0 amide bonds. The molecular formula is C22H16N6O5. The molecule has 0 spiro atoms. The molecule has 0 fully saturated rings. The Morgan fingerprint density at radius 2 is 1.70 bits per heavy atom. The van der Waals surface area contributed by atoms with Crippen LogP contribution in [0, 0.1) is 27.2 Å². The molecule has 0 saturated carbocycles. The number of pyridine rings is 1. The van der Waals surface area contributed by atoms with Gasteiger partial charge < -0.3 is 5.32 Å². The van der Waals surface area contributed by atoms with E-state index < -0.39 is 15.4 Å². The van der Waals surface area contributed by atoms with Crippen LogP contribution in [-0.2, 0) is 0 Å². The van der Waals surface area contributed by atoms with Crippen molar-refractivity contribution in [2.45, 2.75) is 6.92 Å². The van der Waals surface area contributed by atoms with Crippen LogP contribution in [0.1, 0.15) is 11.1 Å². The summed E-state index contributed by atoms with van der Waals surface area (Å²) >= 11 is 0. The number of benzene rings is 2. The maximum absolute atomic E-state index is 13.2. The third-order valence-corrected chi connectivity index (χ3v) is 4.79. The van der Waals surface area contributed by atoms with Gasteiger partial charge in [0.2, 0.25) is 0 Å². The standard InChI is InChI=1S/C22H16N6O5/c1-14-5-4-10-26-21(14)25-20(24-16-7-3-9-18(12-16)28(32)33)19(22(26)29)13-23-15-6-2-8-17(11-15)27(30)31/h2-13,24H,1H3. The molecule has 0 aliphatic carbocycles. The van der Waals surface area contributed by atoms with E-state index in [4.69, 9.17) is 0 Å². The largest absolute Gasteiger partial charge is 0.339 e. The van der Waals surface area contributed by atoms with Crippen LogP contribution >= 0.6 is 0 Å². The fourth-order valence-electron chi connectivity index (χ4n) is 3.18. The number of hydrogen-bond donors (Lipinski definition) is 1. The van der Waals surface area contributed by atoms with E-state index in [1.54, 1.807) is 37.4 Å². The van der Waals surface area contributed by atoms with E-state index in [9.17, 15) is 25.0 Å². The number of nitro benzene ring substituents is 2. The lowest BCUT2D eigenvalue weighted by Gasteiger charge is -2.11. The Morgan fingerprint density at radius 1 is 1.00 bits per heavy atom. The van der Waals surface area contributed by atoms with Crippen molar-refractivity contribution in [1.29, 1.82) is 0 Å². The predicted octanol–water partition coefficient (Wildman–Crippen LogP) is 4.31. The normalized spacial score (nSPS) is 11.1. The van der Waals surface area contributed by atoms with Crippen LogP contribution in [0.15, 0.2) is 76.6 Å². The number of aliphatic imine (C=N–C) groups is 1. The zero-order valence-electron chi connectivity index (χ0n) is 17.2. The number of aryl methyl sites for hydroxylation is 1. The van der Waals surface area contributed by atoms with Gasteiger partial charge in [0.25, 0.3) is 16.9 Å². The summed E-state index contributed by atoms with van der Waals surface area (Å²) in [6.07, 6.45) is 2.84. The number of hydrogen-bond acceptors (Lipinski definition) is 8. The van der Waals surface area contributed by atoms with Gasteiger partial charge in [-0.3, -0.25) is 34.4 Å². The molecule has 4 aromatic rings. The lowest BCUT2D eigenvalue weighted by atomic mass is 10.2. The van der Waals surface area contributed by atoms with Crippen molar-refractivity contribution in [3.63, 3.8) is 0 Å². The van der Waals surface area contributed by atoms with Crippen molar-refractivity contribution in [2.24, 2.45) is 4.99 Å². The van der Waals surface area contributed by atoms with E-state index >= 15 is 0 Å². The average Bonchev–Trinajstić information content (AvgIpc) is 2.80. The summed E-state index contributed by atoms with van der Waals surface area (Å²) < 4.78 is 1.36. The van der Waals surface area contributed by atoms with Gasteiger partial charge in [0.15, 0.2) is 0 Å². The fraction of sp³-hybridized carbons (Fsp3) is 0.0455. The number of fused-ring (bicyclic) bond motifs is 1. The summed E-state index contributed by atoms with van der Waals surface area (Å²) in [5.41, 5.74) is 1.19. The third-order valence-electron chi connectivity index (χ3n) is 4.79. The van der Waals surface area contributed by atoms with Crippen molar-refractivity contribution in [2.75, 3.05) is 5.32 Å². The molecular weight excluding hydrogens is 428 g/mol. The van der Waals surface area contributed by atoms with Crippen molar-refractivity contribution >= 4 is 40.4 Å². The van der Waals surface area contributed by atoms with Crippen molar-refractivity contribution in [3.05, 3.63) is 109 Å². The van der Waals surface area contributed by atoms with E-state index in [0.717, 1.165) is 5.56 Å². The Labute approximate surface area is 186 Å². The summed E-state index contributed by atoms with van der Waals surface area (Å²) in [7, 11) is 0. The van der Waals surface area contributed by atoms with Gasteiger partial charge in [-0.1, -0.05) is 18.2 Å². The Bertz CT molecular complexity index is 1490. The number of rotatable bonds is 6. The summed E-state index contributed by atoms with van der Waals surface area (Å²) in [4.78, 5) is 43.1. The van der Waals surface area contributed by atoms with Crippen LogP contribution in [0.2, 0.25) is 0 Å². The Kier molecular flexibility index (Phi) is 5.60. The number of nitrogens with zero attached hydrogens (tertiary/aromatic N) is 5. The fourth-order valence-corrected chi connectivity index (χ4v) is 3.18. The Balaban J connectivity index is 1.85. The topological polar surface area (TPSA) is 145 Å². The lowest BCUT2D eigenvalue weighted by Crippen LogP contribution is -2.22. The highest BCUT2D eigenvalue weighted by atomic mass is 16.6. The van der Waals surface area contributed by atoms with E-state index in [2.05, 4.69) is 15.3 Å². The van der Waals surface area contributed by atoms with Crippen LogP contribution in [0.5, 0.6) is 0 Å². The minimum atomic E-state index is -0.538. The summed E-state index contributed by atoms with van der Waals surface area (Å²) in [5.74, 6) is 0.143. The van der Waals surface area contributed by atoms with E-state index in [0.29, 0.717) is 11.3 Å². The molecule has 0 atom stereocenters. The first kappa shape index (κ1) is 21.3. The van der Waals surface area contributed by atoms with Crippen LogP contribution in [0.4, 0.5) is 28.6 Å². The van der Waals surface area contributed by atoms with Crippen molar-refractivity contribution in [1.82, 2.24) is 9.38 Å². The maximum atomic E-state index is 13.2. The van der Waals surface area contributed by atoms with Crippen LogP contribution in [0.25, 0.3) is 5.65 Å². The van der Waals surface area contributed by atoms with E-state index in [1.165, 1.54) is 47.0 Å². The Morgan fingerprint density at radius 3 is 2.42 bits per heavy atom. The lowest BCUT2D eigenvalue weighted by molar-refractivity contribution is -0.385. The van der Waals surface area contributed by atoms with Crippen LogP contribution in [-0.4, -0.2) is 25.4 Å². The molecule has 0 bridgehead atoms. The zero-order chi connectivity index (χ0) is 23.5. The predicted molar refractivity (Wildman–Crippen MR) is 123 cm³/mol. The van der Waals surface area contributed by atoms with E-state index in [-0.39, 0.29) is 28.4 Å². The SMILES string of the molecule is Cc1cccn2c(=O)c(C=Nc3cccc([N+](=O)[O-])c3)c(Nc3cccc([N+](=O)[O-])c3)nc12. The molecule has 11 heteroatoms. The minimum absolute atomic E-state index is 0.0797. The van der Waals surface area contributed by atoms with Gasteiger partial charge in [-0.2, -0.15) is 0 Å². The molecule has 33 heavy (non-hydrogen) atoms. The highest BCUT2D eigenvalue weighted by Gasteiger charge is 2.15. The summed E-state index contributed by atoms with van der Waals surface area (Å²) in [6, 6.07) is 15.0. The molecule has 0 aliphatic rings. The highest BCUT2D eigenvalue weighted by Crippen LogP contribution is 2.23. The van der Waals surface area contributed by atoms with Gasteiger partial charge in [0.1, 0.15) is 17.0 Å². The highest BCUT2D eigenvalue weighted by molar-refractivity contribution is 5.89. The monoisotopic (exact) mass is 444 g/mol. The molecule has 0 saturated heterocycles. The summed E-state index contributed by atoms with van der Waals surface area (Å²) in [6.45, 7) is 1.80. The first-order chi connectivity index (χ1) is 15.8. The van der Waals surface area contributed by atoms with Crippen molar-refractivity contribution < 1.29 is 9.85 Å². The first-order valence-corrected chi connectivity index (χ1v) is 9.65. The second-order valence-electron chi connectivity index (χ2n) is 7.03. The number of non-ortho nitro benzene ring substituents is 2. The average molecular weight is 444 g/mol. The molecule has 4 rings (SSSR count). The van der Waals surface area contributed by atoms with Crippen LogP contribution < -0.4 is 10.9 Å².